The summed E-state index contributed by atoms with van der Waals surface area (Å²) in [5.41, 5.74) is 0.820. The first kappa shape index (κ1) is 14.4. The highest BCUT2D eigenvalue weighted by Gasteiger charge is 2.18. The molecule has 1 aromatic heterocycles. The molecular weight excluding hydrogens is 256 g/mol. The Morgan fingerprint density at radius 1 is 1.56 bits per heavy atom. The summed E-state index contributed by atoms with van der Waals surface area (Å²) in [5, 5.41) is 13.9. The number of furan rings is 1. The Balaban J connectivity index is 2.34. The number of carboxylic acids is 1. The minimum Gasteiger partial charge on any atom is -0.480 e. The van der Waals surface area contributed by atoms with Crippen molar-refractivity contribution in [1.29, 1.82) is 0 Å². The first-order valence-electron chi connectivity index (χ1n) is 5.40. The van der Waals surface area contributed by atoms with E-state index in [2.05, 4.69) is 10.6 Å². The maximum atomic E-state index is 11.5. The highest BCUT2D eigenvalue weighted by molar-refractivity contribution is 7.98. The molecule has 0 saturated carbocycles. The van der Waals surface area contributed by atoms with Crippen molar-refractivity contribution in [2.45, 2.75) is 19.0 Å². The van der Waals surface area contributed by atoms with Gasteiger partial charge in [0.1, 0.15) is 6.04 Å². The van der Waals surface area contributed by atoms with Crippen LogP contribution in [0.25, 0.3) is 0 Å². The highest BCUT2D eigenvalue weighted by atomic mass is 32.2. The molecule has 0 aliphatic carbocycles. The summed E-state index contributed by atoms with van der Waals surface area (Å²) in [6.07, 6.45) is 5.31. The smallest absolute Gasteiger partial charge is 0.326 e. The predicted molar refractivity (Wildman–Crippen MR) is 68.5 cm³/mol. The van der Waals surface area contributed by atoms with Crippen molar-refractivity contribution in [3.8, 4) is 0 Å². The Hall–Kier alpha value is -1.63. The fraction of sp³-hybridized carbons (Fsp3) is 0.455. The van der Waals surface area contributed by atoms with Gasteiger partial charge in [0, 0.05) is 12.1 Å². The lowest BCUT2D eigenvalue weighted by molar-refractivity contribution is -0.139. The summed E-state index contributed by atoms with van der Waals surface area (Å²) in [6.45, 7) is 0.303. The Morgan fingerprint density at radius 2 is 2.33 bits per heavy atom. The maximum Gasteiger partial charge on any atom is 0.326 e. The summed E-state index contributed by atoms with van der Waals surface area (Å²) in [5.74, 6) is -0.346. The van der Waals surface area contributed by atoms with E-state index in [9.17, 15) is 9.59 Å². The Labute approximate surface area is 109 Å². The molecule has 18 heavy (non-hydrogen) atoms. The third-order valence-electron chi connectivity index (χ3n) is 2.25. The first-order valence-corrected chi connectivity index (χ1v) is 6.80. The van der Waals surface area contributed by atoms with Crippen molar-refractivity contribution in [1.82, 2.24) is 10.6 Å². The SMILES string of the molecule is CSCC[C@H](NC(=O)NCc1ccoc1)C(=O)O. The number of carbonyl (C=O) groups is 2. The zero-order chi connectivity index (χ0) is 13.4. The van der Waals surface area contributed by atoms with Crippen molar-refractivity contribution in [3.63, 3.8) is 0 Å². The normalized spacial score (nSPS) is 11.8. The van der Waals surface area contributed by atoms with E-state index in [0.717, 1.165) is 5.56 Å². The van der Waals surface area contributed by atoms with Crippen molar-refractivity contribution in [2.75, 3.05) is 12.0 Å². The van der Waals surface area contributed by atoms with E-state index in [0.29, 0.717) is 18.7 Å². The molecule has 6 nitrogen and oxygen atoms in total. The summed E-state index contributed by atoms with van der Waals surface area (Å²) >= 11 is 1.54. The minimum atomic E-state index is -1.03. The van der Waals surface area contributed by atoms with E-state index in [1.54, 1.807) is 6.07 Å². The Morgan fingerprint density at radius 3 is 2.89 bits per heavy atom. The molecule has 0 aliphatic rings. The summed E-state index contributed by atoms with van der Waals surface area (Å²) in [7, 11) is 0. The van der Waals surface area contributed by atoms with Gasteiger partial charge < -0.3 is 20.2 Å². The van der Waals surface area contributed by atoms with Crippen LogP contribution < -0.4 is 10.6 Å². The van der Waals surface area contributed by atoms with Gasteiger partial charge in [-0.05, 0) is 24.5 Å². The zero-order valence-corrected chi connectivity index (χ0v) is 10.8. The van der Waals surface area contributed by atoms with Crippen LogP contribution in [0.3, 0.4) is 0 Å². The Bertz CT molecular complexity index is 380. The standard InChI is InChI=1S/C11H16N2O4S/c1-18-5-3-9(10(14)15)13-11(16)12-6-8-2-4-17-7-8/h2,4,7,9H,3,5-6H2,1H3,(H,14,15)(H2,12,13,16)/t9-/m0/s1. The second kappa shape index (κ2) is 7.65. The van der Waals surface area contributed by atoms with Gasteiger partial charge >= 0.3 is 12.0 Å². The van der Waals surface area contributed by atoms with Gasteiger partial charge in [-0.3, -0.25) is 0 Å². The number of carboxylic acid groups (broad SMARTS) is 1. The third kappa shape index (κ3) is 5.13. The summed E-state index contributed by atoms with van der Waals surface area (Å²) < 4.78 is 4.85. The van der Waals surface area contributed by atoms with Crippen LogP contribution in [-0.2, 0) is 11.3 Å². The van der Waals surface area contributed by atoms with Crippen molar-refractivity contribution >= 4 is 23.8 Å². The highest BCUT2D eigenvalue weighted by Crippen LogP contribution is 2.01. The van der Waals surface area contributed by atoms with Gasteiger partial charge in [0.2, 0.25) is 0 Å². The van der Waals surface area contributed by atoms with Crippen molar-refractivity contribution in [3.05, 3.63) is 24.2 Å². The molecule has 0 fully saturated rings. The fourth-order valence-electron chi connectivity index (χ4n) is 1.28. The van der Waals surface area contributed by atoms with E-state index in [1.165, 1.54) is 24.3 Å². The zero-order valence-electron chi connectivity index (χ0n) is 10.0. The van der Waals surface area contributed by atoms with E-state index in [-0.39, 0.29) is 0 Å². The molecule has 1 rings (SSSR count). The lowest BCUT2D eigenvalue weighted by Crippen LogP contribution is -2.46. The van der Waals surface area contributed by atoms with Gasteiger partial charge in [-0.1, -0.05) is 0 Å². The van der Waals surface area contributed by atoms with Gasteiger partial charge in [0.25, 0.3) is 0 Å². The Kier molecular flexibility index (Phi) is 6.13. The average Bonchev–Trinajstić information content (AvgIpc) is 2.84. The molecular formula is C11H16N2O4S. The number of rotatable bonds is 7. The van der Waals surface area contributed by atoms with Crippen LogP contribution in [0, 0.1) is 0 Å². The largest absolute Gasteiger partial charge is 0.480 e. The van der Waals surface area contributed by atoms with Gasteiger partial charge in [0.15, 0.2) is 0 Å². The van der Waals surface area contributed by atoms with E-state index in [4.69, 9.17) is 9.52 Å². The molecule has 1 atom stereocenters. The second-order valence-electron chi connectivity index (χ2n) is 3.63. The molecule has 0 spiro atoms. The third-order valence-corrected chi connectivity index (χ3v) is 2.89. The number of aliphatic carboxylic acids is 1. The summed E-state index contributed by atoms with van der Waals surface area (Å²) in [6, 6.07) is 0.370. The number of carbonyl (C=O) groups excluding carboxylic acids is 1. The number of nitrogens with one attached hydrogen (secondary N) is 2. The lowest BCUT2D eigenvalue weighted by Gasteiger charge is -2.14. The average molecular weight is 272 g/mol. The molecule has 0 saturated heterocycles. The molecule has 1 heterocycles. The summed E-state index contributed by atoms with van der Waals surface area (Å²) in [4.78, 5) is 22.4. The quantitative estimate of drug-likeness (QED) is 0.695. The van der Waals surface area contributed by atoms with Gasteiger partial charge in [0.05, 0.1) is 12.5 Å². The van der Waals surface area contributed by atoms with Crippen LogP contribution in [0.1, 0.15) is 12.0 Å². The number of hydrogen-bond acceptors (Lipinski definition) is 4. The molecule has 0 bridgehead atoms. The number of urea groups is 1. The van der Waals surface area contributed by atoms with E-state index < -0.39 is 18.0 Å². The minimum absolute atomic E-state index is 0.303. The van der Waals surface area contributed by atoms with Crippen LogP contribution in [-0.4, -0.2) is 35.2 Å². The molecule has 0 aromatic carbocycles. The fourth-order valence-corrected chi connectivity index (χ4v) is 1.75. The van der Waals surface area contributed by atoms with Crippen LogP contribution in [0.15, 0.2) is 23.0 Å². The topological polar surface area (TPSA) is 91.6 Å². The molecule has 0 aliphatic heterocycles. The van der Waals surface area contributed by atoms with Crippen molar-refractivity contribution in [2.24, 2.45) is 0 Å². The molecule has 100 valence electrons. The van der Waals surface area contributed by atoms with Crippen molar-refractivity contribution < 1.29 is 19.1 Å². The van der Waals surface area contributed by atoms with E-state index in [1.807, 2.05) is 6.26 Å². The molecule has 3 N–H and O–H groups in total. The van der Waals surface area contributed by atoms with Crippen LogP contribution in [0.2, 0.25) is 0 Å². The maximum absolute atomic E-state index is 11.5. The molecule has 1 aromatic rings. The molecule has 0 radical (unpaired) electrons. The lowest BCUT2D eigenvalue weighted by atomic mass is 10.2. The van der Waals surface area contributed by atoms with Gasteiger partial charge in [-0.2, -0.15) is 11.8 Å². The van der Waals surface area contributed by atoms with Crippen LogP contribution in [0.4, 0.5) is 4.79 Å². The van der Waals surface area contributed by atoms with Gasteiger partial charge in [-0.25, -0.2) is 9.59 Å². The number of hydrogen-bond donors (Lipinski definition) is 3. The number of amides is 2. The molecule has 0 unspecified atom stereocenters. The molecule has 7 heteroatoms. The predicted octanol–water partition coefficient (Wildman–Crippen LogP) is 1.29. The van der Waals surface area contributed by atoms with Gasteiger partial charge in [-0.15, -0.1) is 0 Å². The monoisotopic (exact) mass is 272 g/mol. The number of thioether (sulfide) groups is 1. The first-order chi connectivity index (χ1) is 8.63. The van der Waals surface area contributed by atoms with Crippen LogP contribution in [0.5, 0.6) is 0 Å². The molecule has 2 amide bonds. The second-order valence-corrected chi connectivity index (χ2v) is 4.62. The van der Waals surface area contributed by atoms with Crippen LogP contribution >= 0.6 is 11.8 Å². The van der Waals surface area contributed by atoms with E-state index >= 15 is 0 Å².